The smallest absolute Gasteiger partial charge is 0.266 e. The van der Waals surface area contributed by atoms with Gasteiger partial charge in [-0.1, -0.05) is 28.3 Å². The molecule has 0 unspecified atom stereocenters. The molecular weight excluding hydrogens is 467 g/mol. The molecule has 1 fully saturated rings. The summed E-state index contributed by atoms with van der Waals surface area (Å²) in [5, 5.41) is 6.25. The molecule has 0 saturated carbocycles. The number of hydrogen-bond donors (Lipinski definition) is 2. The molecule has 0 amide bonds. The molecule has 0 radical (unpaired) electrons. The van der Waals surface area contributed by atoms with Crippen molar-refractivity contribution in [3.8, 4) is 0 Å². The molecular formula is C23H28F3N5O2S. The Morgan fingerprint density at radius 3 is 2.62 bits per heavy atom. The van der Waals surface area contributed by atoms with E-state index < -0.39 is 34.0 Å². The maximum atomic E-state index is 14.7. The maximum Gasteiger partial charge on any atom is 0.266 e. The molecule has 1 saturated heterocycles. The van der Waals surface area contributed by atoms with Gasteiger partial charge in [-0.15, -0.1) is 4.36 Å². The van der Waals surface area contributed by atoms with Crippen LogP contribution in [0.5, 0.6) is 0 Å². The van der Waals surface area contributed by atoms with Gasteiger partial charge in [0.2, 0.25) is 0 Å². The zero-order valence-electron chi connectivity index (χ0n) is 19.3. The molecule has 2 aliphatic heterocycles. The average Bonchev–Trinajstić information content (AvgIpc) is 2.82. The van der Waals surface area contributed by atoms with Gasteiger partial charge < -0.3 is 15.2 Å². The van der Waals surface area contributed by atoms with Gasteiger partial charge >= 0.3 is 0 Å². The molecule has 2 N–H and O–H groups in total. The lowest BCUT2D eigenvalue weighted by Crippen LogP contribution is -2.37. The number of alkyl halides is 2. The van der Waals surface area contributed by atoms with Crippen molar-refractivity contribution >= 4 is 21.8 Å². The molecule has 1 atom stereocenters. The number of hydrogen-bond acceptors (Lipinski definition) is 6. The summed E-state index contributed by atoms with van der Waals surface area (Å²) in [7, 11) is 1.04. The second-order valence-electron chi connectivity index (χ2n) is 8.62. The number of nitrogens with zero attached hydrogens (tertiary/aromatic N) is 3. The minimum atomic E-state index is -2.91. The average molecular weight is 496 g/mol. The number of halogens is 3. The van der Waals surface area contributed by atoms with Crippen LogP contribution in [-0.4, -0.2) is 40.2 Å². The monoisotopic (exact) mass is 495 g/mol. The standard InChI is InChI=1S/C23H28F3N5O2S/c1-13(15-5-4-6-16(19(15)24)20(25)26)30-21-18-11-17(14-7-9-34(33,27-2)10-8-14)23(32)31(3)22(18)29-12-28-21/h4-6,11,13-14,20H,7-10,12H2,1-3H3,(H2-,27,28,29,30,32,33)/t13-,14?,34?/m1/s1. The molecule has 1 aromatic heterocycles. The van der Waals surface area contributed by atoms with Gasteiger partial charge in [0.25, 0.3) is 12.0 Å². The van der Waals surface area contributed by atoms with Crippen molar-refractivity contribution in [1.82, 2.24) is 9.88 Å². The number of benzene rings is 1. The summed E-state index contributed by atoms with van der Waals surface area (Å²) in [6.45, 7) is 1.88. The molecule has 4 rings (SSSR count). The SMILES string of the molecule is CN=[S+]1([O-])CCC(c2cc3c(n(C)c2=O)NCN=C3N[C@H](C)c2cccc(C(F)F)c2F)CC1. The van der Waals surface area contributed by atoms with Crippen LogP contribution in [0, 0.1) is 5.82 Å². The van der Waals surface area contributed by atoms with Crippen molar-refractivity contribution in [2.45, 2.75) is 38.2 Å². The van der Waals surface area contributed by atoms with E-state index in [1.807, 2.05) is 0 Å². The van der Waals surface area contributed by atoms with E-state index in [1.54, 1.807) is 27.1 Å². The molecule has 7 nitrogen and oxygen atoms in total. The third-order valence-electron chi connectivity index (χ3n) is 6.64. The summed E-state index contributed by atoms with van der Waals surface area (Å²) in [6.07, 6.45) is -1.72. The quantitative estimate of drug-likeness (QED) is 0.629. The number of rotatable bonds is 4. The van der Waals surface area contributed by atoms with Crippen molar-refractivity contribution in [2.24, 2.45) is 16.4 Å². The Labute approximate surface area is 197 Å². The third-order valence-corrected chi connectivity index (χ3v) is 9.05. The zero-order valence-corrected chi connectivity index (χ0v) is 20.1. The number of aliphatic imine (C=N–C) groups is 1. The number of nitrogens with one attached hydrogen (secondary N) is 2. The lowest BCUT2D eigenvalue weighted by atomic mass is 9.92. The van der Waals surface area contributed by atoms with E-state index >= 15 is 0 Å². The highest BCUT2D eigenvalue weighted by atomic mass is 32.3. The molecule has 184 valence electrons. The normalized spacial score (nSPS) is 23.1. The van der Waals surface area contributed by atoms with Crippen LogP contribution in [0.3, 0.4) is 0 Å². The molecule has 0 bridgehead atoms. The minimum Gasteiger partial charge on any atom is -0.631 e. The van der Waals surface area contributed by atoms with E-state index in [0.29, 0.717) is 47.1 Å². The summed E-state index contributed by atoms with van der Waals surface area (Å²) in [5.41, 5.74) is 0.581. The van der Waals surface area contributed by atoms with Crippen molar-refractivity contribution < 1.29 is 17.7 Å². The van der Waals surface area contributed by atoms with E-state index in [9.17, 15) is 22.5 Å². The van der Waals surface area contributed by atoms with Crippen molar-refractivity contribution in [3.63, 3.8) is 0 Å². The third kappa shape index (κ3) is 4.50. The second-order valence-corrected chi connectivity index (χ2v) is 11.3. The predicted octanol–water partition coefficient (Wildman–Crippen LogP) is 3.92. The zero-order chi connectivity index (χ0) is 24.6. The molecule has 0 spiro atoms. The fraction of sp³-hybridized carbons (Fsp3) is 0.478. The van der Waals surface area contributed by atoms with Crippen LogP contribution in [0.4, 0.5) is 19.0 Å². The Morgan fingerprint density at radius 1 is 1.29 bits per heavy atom. The van der Waals surface area contributed by atoms with Crippen molar-refractivity contribution in [2.75, 3.05) is 30.5 Å². The number of pyridine rings is 1. The van der Waals surface area contributed by atoms with Crippen molar-refractivity contribution in [3.05, 3.63) is 62.7 Å². The van der Waals surface area contributed by atoms with E-state index in [1.165, 1.54) is 16.7 Å². The maximum absolute atomic E-state index is 14.7. The van der Waals surface area contributed by atoms with Gasteiger partial charge in [-0.3, -0.25) is 9.36 Å². The Hall–Kier alpha value is -2.66. The summed E-state index contributed by atoms with van der Waals surface area (Å²) in [4.78, 5) is 17.6. The molecule has 1 aromatic carbocycles. The fourth-order valence-electron chi connectivity index (χ4n) is 4.60. The topological polar surface area (TPSA) is 93.8 Å². The van der Waals surface area contributed by atoms with Crippen molar-refractivity contribution in [1.29, 1.82) is 0 Å². The van der Waals surface area contributed by atoms with Crippen LogP contribution in [0.1, 0.15) is 60.4 Å². The molecule has 11 heteroatoms. The summed E-state index contributed by atoms with van der Waals surface area (Å²) >= 11 is 0. The van der Waals surface area contributed by atoms with Crippen LogP contribution < -0.4 is 16.2 Å². The van der Waals surface area contributed by atoms with Crippen LogP contribution in [-0.2, 0) is 17.2 Å². The summed E-state index contributed by atoms with van der Waals surface area (Å²) in [5.74, 6) is 0.916. The van der Waals surface area contributed by atoms with Gasteiger partial charge in [0.1, 0.15) is 24.1 Å². The van der Waals surface area contributed by atoms with Gasteiger partial charge in [-0.05, 0) is 31.7 Å². The number of fused-ring (bicyclic) bond motifs is 1. The number of aromatic nitrogens is 1. The Kier molecular flexibility index (Phi) is 6.86. The lowest BCUT2D eigenvalue weighted by Gasteiger charge is -2.32. The van der Waals surface area contributed by atoms with Gasteiger partial charge in [-0.2, -0.15) is 0 Å². The van der Waals surface area contributed by atoms with Crippen LogP contribution in [0.2, 0.25) is 0 Å². The van der Waals surface area contributed by atoms with Gasteiger partial charge in [0.15, 0.2) is 0 Å². The largest absolute Gasteiger partial charge is 0.631 e. The fourth-order valence-corrected chi connectivity index (χ4v) is 6.47. The molecule has 3 heterocycles. The van der Waals surface area contributed by atoms with E-state index in [0.717, 1.165) is 6.07 Å². The lowest BCUT2D eigenvalue weighted by molar-refractivity contribution is 0.146. The predicted molar refractivity (Wildman–Crippen MR) is 128 cm³/mol. The Morgan fingerprint density at radius 2 is 1.97 bits per heavy atom. The first-order chi connectivity index (χ1) is 16.1. The van der Waals surface area contributed by atoms with E-state index in [-0.39, 0.29) is 23.7 Å². The Balaban J connectivity index is 1.66. The van der Waals surface area contributed by atoms with Gasteiger partial charge in [-0.25, -0.2) is 18.2 Å². The minimum absolute atomic E-state index is 0.0545. The Bertz CT molecular complexity index is 1230. The summed E-state index contributed by atoms with van der Waals surface area (Å²) < 4.78 is 59.1. The first kappa shape index (κ1) is 24.5. The van der Waals surface area contributed by atoms with Gasteiger partial charge in [0, 0.05) is 18.2 Å². The molecule has 2 aliphatic rings. The highest BCUT2D eigenvalue weighted by Crippen LogP contribution is 2.33. The van der Waals surface area contributed by atoms with E-state index in [4.69, 9.17) is 0 Å². The van der Waals surface area contributed by atoms with E-state index in [2.05, 4.69) is 20.0 Å². The van der Waals surface area contributed by atoms with Crippen LogP contribution in [0.25, 0.3) is 0 Å². The summed E-state index contributed by atoms with van der Waals surface area (Å²) in [6, 6.07) is 5.09. The molecule has 0 aliphatic carbocycles. The number of amidine groups is 1. The highest BCUT2D eigenvalue weighted by Gasteiger charge is 2.30. The number of anilines is 1. The van der Waals surface area contributed by atoms with Crippen LogP contribution in [0.15, 0.2) is 38.4 Å². The first-order valence-electron chi connectivity index (χ1n) is 11.1. The van der Waals surface area contributed by atoms with Gasteiger partial charge in [0.05, 0.1) is 35.7 Å². The van der Waals surface area contributed by atoms with Crippen LogP contribution >= 0.6 is 0 Å². The molecule has 34 heavy (non-hydrogen) atoms. The first-order valence-corrected chi connectivity index (χ1v) is 13.0. The highest BCUT2D eigenvalue weighted by molar-refractivity contribution is 7.99. The second kappa shape index (κ2) is 9.53. The molecule has 2 aromatic rings.